The van der Waals surface area contributed by atoms with Gasteiger partial charge in [0.2, 0.25) is 0 Å². The second-order valence-corrected chi connectivity index (χ2v) is 9.11. The highest BCUT2D eigenvalue weighted by atomic mass is 35.5. The highest BCUT2D eigenvalue weighted by Gasteiger charge is 2.19. The van der Waals surface area contributed by atoms with Gasteiger partial charge >= 0.3 is 11.9 Å². The molecule has 0 rings (SSSR count). The molecule has 178 valence electrons. The number of unbranched alkanes of at least 4 members (excludes halogenated alkanes) is 15. The smallest absolute Gasteiger partial charge is 0.247 e. The first-order valence-electron chi connectivity index (χ1n) is 12.2. The van der Waals surface area contributed by atoms with Crippen LogP contribution in [0.25, 0.3) is 0 Å². The van der Waals surface area contributed by atoms with Crippen molar-refractivity contribution in [2.45, 2.75) is 134 Å². The Morgan fingerprint density at radius 1 is 0.667 bits per heavy atom. The third-order valence-corrected chi connectivity index (χ3v) is 5.96. The van der Waals surface area contributed by atoms with Crippen LogP contribution in [-0.4, -0.2) is 23.2 Å². The van der Waals surface area contributed by atoms with Crippen molar-refractivity contribution in [2.24, 2.45) is 0 Å². The zero-order chi connectivity index (χ0) is 22.3. The Balaban J connectivity index is 3.48. The predicted octanol–water partition coefficient (Wildman–Crippen LogP) is 8.27. The van der Waals surface area contributed by atoms with Crippen molar-refractivity contribution < 1.29 is 19.4 Å². The van der Waals surface area contributed by atoms with Crippen LogP contribution in [0.1, 0.15) is 129 Å². The summed E-state index contributed by atoms with van der Waals surface area (Å²) in [5.74, 6) is -0.413. The van der Waals surface area contributed by atoms with Crippen LogP contribution in [0.3, 0.4) is 0 Å². The summed E-state index contributed by atoms with van der Waals surface area (Å²) in [5.41, 5.74) is 0. The second-order valence-electron chi connectivity index (χ2n) is 8.21. The molecule has 4 nitrogen and oxygen atoms in total. The van der Waals surface area contributed by atoms with Gasteiger partial charge in [0, 0.05) is 5.88 Å². The van der Waals surface area contributed by atoms with E-state index in [2.05, 4.69) is 16.7 Å². The van der Waals surface area contributed by atoms with Gasteiger partial charge in [-0.1, -0.05) is 103 Å². The Hall–Kier alpha value is -0.480. The van der Waals surface area contributed by atoms with Crippen LogP contribution in [0, 0.1) is 0 Å². The molecule has 0 aliphatic rings. The van der Waals surface area contributed by atoms with Gasteiger partial charge in [0.05, 0.1) is 6.42 Å². The van der Waals surface area contributed by atoms with Crippen molar-refractivity contribution in [3.8, 4) is 0 Å². The van der Waals surface area contributed by atoms with E-state index in [9.17, 15) is 9.59 Å². The van der Waals surface area contributed by atoms with Crippen LogP contribution in [0.15, 0.2) is 0 Å². The molecule has 0 radical (unpaired) electrons. The van der Waals surface area contributed by atoms with Crippen LogP contribution >= 0.6 is 23.2 Å². The van der Waals surface area contributed by atoms with Gasteiger partial charge in [-0.05, 0) is 19.3 Å². The third kappa shape index (κ3) is 20.8. The molecule has 0 heterocycles. The molecule has 30 heavy (non-hydrogen) atoms. The van der Waals surface area contributed by atoms with Crippen molar-refractivity contribution in [3.63, 3.8) is 0 Å². The normalized spacial score (nSPS) is 12.0. The summed E-state index contributed by atoms with van der Waals surface area (Å²) in [6, 6.07) is 0. The first kappa shape index (κ1) is 29.5. The molecule has 0 aliphatic heterocycles. The monoisotopic (exact) mass is 466 g/mol. The molecule has 0 bridgehead atoms. The number of halogens is 2. The molecule has 0 N–H and O–H groups in total. The van der Waals surface area contributed by atoms with Gasteiger partial charge in [0.1, 0.15) is 5.38 Å². The van der Waals surface area contributed by atoms with E-state index in [-0.39, 0.29) is 6.42 Å². The molecule has 0 saturated carbocycles. The van der Waals surface area contributed by atoms with Crippen molar-refractivity contribution in [1.82, 2.24) is 0 Å². The largest absolute Gasteiger partial charge is 0.373 e. The molecule has 0 aromatic carbocycles. The fourth-order valence-corrected chi connectivity index (χ4v) is 3.74. The summed E-state index contributed by atoms with van der Waals surface area (Å²) >= 11 is 11.7. The van der Waals surface area contributed by atoms with Crippen molar-refractivity contribution in [1.29, 1.82) is 0 Å². The lowest BCUT2D eigenvalue weighted by Crippen LogP contribution is -2.20. The number of carbonyl (C=O) groups excluding carboxylic acids is 2. The molecule has 0 saturated heterocycles. The standard InChI is InChI=1S/C24H44Cl2O4/c1-2-3-4-5-6-7-11-14-17-20-23(27)29-30-24(28)22(26)19-16-13-10-8-9-12-15-18-21-25/h22H,2-21H2,1H3. The molecule has 0 aromatic rings. The number of hydrogen-bond donors (Lipinski definition) is 0. The highest BCUT2D eigenvalue weighted by Crippen LogP contribution is 2.15. The quantitative estimate of drug-likeness (QED) is 0.0738. The molecule has 6 heteroatoms. The van der Waals surface area contributed by atoms with E-state index in [1.54, 1.807) is 0 Å². The molecule has 1 atom stereocenters. The van der Waals surface area contributed by atoms with Crippen LogP contribution in [0.2, 0.25) is 0 Å². The van der Waals surface area contributed by atoms with Gasteiger partial charge in [-0.3, -0.25) is 0 Å². The first-order chi connectivity index (χ1) is 14.6. The molecule has 0 spiro atoms. The SMILES string of the molecule is CCCCCCCCCCCC(=O)OOC(=O)C(Cl)CCCCCCCCCCCl. The van der Waals surface area contributed by atoms with Gasteiger partial charge in [-0.25, -0.2) is 19.4 Å². The van der Waals surface area contributed by atoms with Gasteiger partial charge in [0.15, 0.2) is 0 Å². The third-order valence-electron chi connectivity index (χ3n) is 5.30. The lowest BCUT2D eigenvalue weighted by atomic mass is 10.1. The lowest BCUT2D eigenvalue weighted by Gasteiger charge is -2.08. The Labute approximate surface area is 194 Å². The zero-order valence-corrected chi connectivity index (χ0v) is 20.6. The second kappa shape index (κ2) is 23.2. The van der Waals surface area contributed by atoms with Crippen LogP contribution in [-0.2, 0) is 19.4 Å². The molecule has 0 fully saturated rings. The first-order valence-corrected chi connectivity index (χ1v) is 13.2. The Morgan fingerprint density at radius 3 is 1.67 bits per heavy atom. The molecule has 0 aliphatic carbocycles. The van der Waals surface area contributed by atoms with E-state index in [4.69, 9.17) is 23.2 Å². The predicted molar refractivity (Wildman–Crippen MR) is 126 cm³/mol. The summed E-state index contributed by atoms with van der Waals surface area (Å²) in [5, 5.41) is -0.755. The minimum atomic E-state index is -0.755. The van der Waals surface area contributed by atoms with Crippen molar-refractivity contribution in [2.75, 3.05) is 5.88 Å². The average Bonchev–Trinajstić information content (AvgIpc) is 2.75. The average molecular weight is 468 g/mol. The van der Waals surface area contributed by atoms with E-state index in [0.29, 0.717) is 6.42 Å². The van der Waals surface area contributed by atoms with Gasteiger partial charge in [0.25, 0.3) is 0 Å². The lowest BCUT2D eigenvalue weighted by molar-refractivity contribution is -0.258. The van der Waals surface area contributed by atoms with Crippen molar-refractivity contribution in [3.05, 3.63) is 0 Å². The van der Waals surface area contributed by atoms with Gasteiger partial charge in [-0.15, -0.1) is 23.2 Å². The summed E-state index contributed by atoms with van der Waals surface area (Å²) < 4.78 is 0. The fraction of sp³-hybridized carbons (Fsp3) is 0.917. The van der Waals surface area contributed by atoms with Crippen LogP contribution in [0.4, 0.5) is 0 Å². The number of rotatable bonds is 21. The maximum atomic E-state index is 11.8. The van der Waals surface area contributed by atoms with E-state index >= 15 is 0 Å². The van der Waals surface area contributed by atoms with Crippen molar-refractivity contribution >= 4 is 35.1 Å². The summed E-state index contributed by atoms with van der Waals surface area (Å²) in [7, 11) is 0. The van der Waals surface area contributed by atoms with E-state index in [1.807, 2.05) is 0 Å². The fourth-order valence-electron chi connectivity index (χ4n) is 3.36. The highest BCUT2D eigenvalue weighted by molar-refractivity contribution is 6.29. The maximum absolute atomic E-state index is 11.8. The molecule has 0 aromatic heterocycles. The molecule has 1 unspecified atom stereocenters. The maximum Gasteiger partial charge on any atom is 0.373 e. The van der Waals surface area contributed by atoms with Crippen LogP contribution < -0.4 is 0 Å². The van der Waals surface area contributed by atoms with Gasteiger partial charge in [-0.2, -0.15) is 0 Å². The Kier molecular flexibility index (Phi) is 22.8. The van der Waals surface area contributed by atoms with E-state index < -0.39 is 17.3 Å². The minimum Gasteiger partial charge on any atom is -0.247 e. The summed E-state index contributed by atoms with van der Waals surface area (Å²) in [4.78, 5) is 32.7. The minimum absolute atomic E-state index is 0.279. The number of hydrogen-bond acceptors (Lipinski definition) is 4. The van der Waals surface area contributed by atoms with Gasteiger partial charge < -0.3 is 0 Å². The van der Waals surface area contributed by atoms with E-state index in [0.717, 1.165) is 50.8 Å². The summed E-state index contributed by atoms with van der Waals surface area (Å²) in [6.07, 6.45) is 20.5. The Morgan fingerprint density at radius 2 is 1.13 bits per heavy atom. The summed E-state index contributed by atoms with van der Waals surface area (Å²) in [6.45, 7) is 2.22. The van der Waals surface area contributed by atoms with Crippen LogP contribution in [0.5, 0.6) is 0 Å². The van der Waals surface area contributed by atoms with E-state index in [1.165, 1.54) is 64.2 Å². The molecular weight excluding hydrogens is 423 g/mol. The Bertz CT molecular complexity index is 405. The molecular formula is C24H44Cl2O4. The molecule has 0 amide bonds. The number of alkyl halides is 2. The zero-order valence-electron chi connectivity index (χ0n) is 19.1. The number of carbonyl (C=O) groups is 2. The topological polar surface area (TPSA) is 52.6 Å².